The standard InChI is InChI=1S/C17H21NO/c1-13-6-5-7-14(2)16(13)12-19-11-10-15-8-3-4-9-17(15)18/h3-9H,10-12,18H2,1-2H3. The average molecular weight is 255 g/mol. The molecule has 0 aromatic heterocycles. The number of nitrogen functional groups attached to an aromatic ring is 1. The molecule has 0 aliphatic rings. The quantitative estimate of drug-likeness (QED) is 0.654. The number of rotatable bonds is 5. The predicted molar refractivity (Wildman–Crippen MR) is 80.1 cm³/mol. The molecule has 0 unspecified atom stereocenters. The highest BCUT2D eigenvalue weighted by Gasteiger charge is 2.03. The number of benzene rings is 2. The number of aryl methyl sites for hydroxylation is 2. The summed E-state index contributed by atoms with van der Waals surface area (Å²) in [5.74, 6) is 0. The van der Waals surface area contributed by atoms with E-state index in [1.807, 2.05) is 18.2 Å². The number of nitrogens with two attached hydrogens (primary N) is 1. The van der Waals surface area contributed by atoms with Gasteiger partial charge in [0.05, 0.1) is 13.2 Å². The highest BCUT2D eigenvalue weighted by molar-refractivity contribution is 5.46. The second kappa shape index (κ2) is 6.39. The zero-order valence-electron chi connectivity index (χ0n) is 11.6. The molecule has 2 nitrogen and oxygen atoms in total. The second-order valence-corrected chi connectivity index (χ2v) is 4.87. The van der Waals surface area contributed by atoms with Crippen LogP contribution < -0.4 is 5.73 Å². The van der Waals surface area contributed by atoms with Crippen molar-refractivity contribution in [3.05, 3.63) is 64.7 Å². The van der Waals surface area contributed by atoms with E-state index in [1.54, 1.807) is 0 Å². The minimum Gasteiger partial charge on any atom is -0.399 e. The molecule has 0 amide bonds. The van der Waals surface area contributed by atoms with Crippen molar-refractivity contribution in [1.82, 2.24) is 0 Å². The Kier molecular flexibility index (Phi) is 4.58. The average Bonchev–Trinajstić information content (AvgIpc) is 2.39. The van der Waals surface area contributed by atoms with Gasteiger partial charge in [0.1, 0.15) is 0 Å². The van der Waals surface area contributed by atoms with Gasteiger partial charge in [-0.3, -0.25) is 0 Å². The second-order valence-electron chi connectivity index (χ2n) is 4.87. The van der Waals surface area contributed by atoms with Crippen molar-refractivity contribution in [1.29, 1.82) is 0 Å². The van der Waals surface area contributed by atoms with E-state index < -0.39 is 0 Å². The van der Waals surface area contributed by atoms with E-state index in [9.17, 15) is 0 Å². The molecule has 0 heterocycles. The van der Waals surface area contributed by atoms with Crippen molar-refractivity contribution in [3.63, 3.8) is 0 Å². The Labute approximate surface area is 115 Å². The smallest absolute Gasteiger partial charge is 0.0722 e. The molecule has 2 N–H and O–H groups in total. The highest BCUT2D eigenvalue weighted by Crippen LogP contribution is 2.15. The molecule has 19 heavy (non-hydrogen) atoms. The lowest BCUT2D eigenvalue weighted by atomic mass is 10.0. The number of hydrogen-bond acceptors (Lipinski definition) is 2. The van der Waals surface area contributed by atoms with Crippen molar-refractivity contribution >= 4 is 5.69 Å². The van der Waals surface area contributed by atoms with Gasteiger partial charge < -0.3 is 10.5 Å². The van der Waals surface area contributed by atoms with Gasteiger partial charge >= 0.3 is 0 Å². The summed E-state index contributed by atoms with van der Waals surface area (Å²) in [7, 11) is 0. The fourth-order valence-corrected chi connectivity index (χ4v) is 2.19. The van der Waals surface area contributed by atoms with Gasteiger partial charge in [-0.25, -0.2) is 0 Å². The molecule has 0 saturated heterocycles. The van der Waals surface area contributed by atoms with Crippen LogP contribution in [0, 0.1) is 13.8 Å². The first-order valence-electron chi connectivity index (χ1n) is 6.64. The topological polar surface area (TPSA) is 35.2 Å². The van der Waals surface area contributed by atoms with Crippen LogP contribution in [0.5, 0.6) is 0 Å². The first kappa shape index (κ1) is 13.6. The molecule has 2 aromatic carbocycles. The van der Waals surface area contributed by atoms with Gasteiger partial charge in [0.25, 0.3) is 0 Å². The van der Waals surface area contributed by atoms with Crippen molar-refractivity contribution in [2.45, 2.75) is 26.9 Å². The van der Waals surface area contributed by atoms with Crippen LogP contribution in [0.1, 0.15) is 22.3 Å². The van der Waals surface area contributed by atoms with E-state index in [1.165, 1.54) is 16.7 Å². The van der Waals surface area contributed by atoms with Crippen LogP contribution in [-0.4, -0.2) is 6.61 Å². The molecule has 0 atom stereocenters. The maximum atomic E-state index is 5.91. The molecule has 2 heteroatoms. The largest absolute Gasteiger partial charge is 0.399 e. The van der Waals surface area contributed by atoms with E-state index in [2.05, 4.69) is 38.1 Å². The molecule has 0 saturated carbocycles. The number of anilines is 1. The fourth-order valence-electron chi connectivity index (χ4n) is 2.19. The van der Waals surface area contributed by atoms with Crippen LogP contribution in [0.4, 0.5) is 5.69 Å². The Morgan fingerprint density at radius 3 is 2.32 bits per heavy atom. The predicted octanol–water partition coefficient (Wildman–Crippen LogP) is 3.64. The first-order valence-corrected chi connectivity index (χ1v) is 6.64. The fraction of sp³-hybridized carbons (Fsp3) is 0.294. The zero-order chi connectivity index (χ0) is 13.7. The zero-order valence-corrected chi connectivity index (χ0v) is 11.6. The van der Waals surface area contributed by atoms with Gasteiger partial charge in [-0.15, -0.1) is 0 Å². The molecular weight excluding hydrogens is 234 g/mol. The van der Waals surface area contributed by atoms with Crippen molar-refractivity contribution in [2.75, 3.05) is 12.3 Å². The van der Waals surface area contributed by atoms with Crippen molar-refractivity contribution in [3.8, 4) is 0 Å². The van der Waals surface area contributed by atoms with E-state index >= 15 is 0 Å². The monoisotopic (exact) mass is 255 g/mol. The number of ether oxygens (including phenoxy) is 1. The van der Waals surface area contributed by atoms with Crippen LogP contribution in [0.15, 0.2) is 42.5 Å². The van der Waals surface area contributed by atoms with Crippen molar-refractivity contribution < 1.29 is 4.74 Å². The molecule has 0 aliphatic carbocycles. The van der Waals surface area contributed by atoms with Crippen LogP contribution in [0.3, 0.4) is 0 Å². The van der Waals surface area contributed by atoms with Crippen LogP contribution in [0.25, 0.3) is 0 Å². The summed E-state index contributed by atoms with van der Waals surface area (Å²) in [6.45, 7) is 5.62. The Hall–Kier alpha value is -1.80. The highest BCUT2D eigenvalue weighted by atomic mass is 16.5. The van der Waals surface area contributed by atoms with Crippen LogP contribution in [0.2, 0.25) is 0 Å². The Bertz CT molecular complexity index is 528. The van der Waals surface area contributed by atoms with Crippen LogP contribution in [-0.2, 0) is 17.8 Å². The molecule has 2 rings (SSSR count). The van der Waals surface area contributed by atoms with Gasteiger partial charge in [-0.05, 0) is 48.6 Å². The molecule has 0 spiro atoms. The summed E-state index contributed by atoms with van der Waals surface area (Å²) in [4.78, 5) is 0. The molecule has 0 bridgehead atoms. The normalized spacial score (nSPS) is 10.6. The molecule has 0 aliphatic heterocycles. The summed E-state index contributed by atoms with van der Waals surface area (Å²) in [5.41, 5.74) is 11.8. The summed E-state index contributed by atoms with van der Waals surface area (Å²) in [5, 5.41) is 0. The third-order valence-electron chi connectivity index (χ3n) is 3.46. The van der Waals surface area contributed by atoms with E-state index in [0.29, 0.717) is 13.2 Å². The lowest BCUT2D eigenvalue weighted by Crippen LogP contribution is -2.03. The van der Waals surface area contributed by atoms with E-state index in [-0.39, 0.29) is 0 Å². The van der Waals surface area contributed by atoms with Gasteiger partial charge in [-0.2, -0.15) is 0 Å². The van der Waals surface area contributed by atoms with E-state index in [4.69, 9.17) is 10.5 Å². The van der Waals surface area contributed by atoms with Gasteiger partial charge in [0.15, 0.2) is 0 Å². The molecule has 0 fully saturated rings. The van der Waals surface area contributed by atoms with E-state index in [0.717, 1.165) is 17.7 Å². The molecule has 100 valence electrons. The lowest BCUT2D eigenvalue weighted by molar-refractivity contribution is 0.123. The maximum Gasteiger partial charge on any atom is 0.0722 e. The Morgan fingerprint density at radius 2 is 1.63 bits per heavy atom. The van der Waals surface area contributed by atoms with Crippen LogP contribution >= 0.6 is 0 Å². The minimum absolute atomic E-state index is 0.672. The molecule has 0 radical (unpaired) electrons. The third kappa shape index (κ3) is 3.58. The summed E-state index contributed by atoms with van der Waals surface area (Å²) in [6.07, 6.45) is 0.859. The minimum atomic E-state index is 0.672. The molecular formula is C17H21NO. The van der Waals surface area contributed by atoms with Crippen molar-refractivity contribution in [2.24, 2.45) is 0 Å². The Balaban J connectivity index is 1.86. The SMILES string of the molecule is Cc1cccc(C)c1COCCc1ccccc1N. The summed E-state index contributed by atoms with van der Waals surface area (Å²) in [6, 6.07) is 14.3. The third-order valence-corrected chi connectivity index (χ3v) is 3.46. The Morgan fingerprint density at radius 1 is 0.947 bits per heavy atom. The van der Waals surface area contributed by atoms with Gasteiger partial charge in [0, 0.05) is 5.69 Å². The molecule has 2 aromatic rings. The summed E-state index contributed by atoms with van der Waals surface area (Å²) < 4.78 is 5.78. The lowest BCUT2D eigenvalue weighted by Gasteiger charge is -2.11. The first-order chi connectivity index (χ1) is 9.18. The summed E-state index contributed by atoms with van der Waals surface area (Å²) >= 11 is 0. The van der Waals surface area contributed by atoms with Gasteiger partial charge in [-0.1, -0.05) is 36.4 Å². The number of para-hydroxylation sites is 1. The van der Waals surface area contributed by atoms with Gasteiger partial charge in [0.2, 0.25) is 0 Å². The maximum absolute atomic E-state index is 5.91. The number of hydrogen-bond donors (Lipinski definition) is 1.